The topological polar surface area (TPSA) is 127 Å². The molecule has 0 fully saturated rings. The van der Waals surface area contributed by atoms with Crippen molar-refractivity contribution in [2.75, 3.05) is 0 Å². The Kier molecular flexibility index (Phi) is 6.51. The molecule has 0 radical (unpaired) electrons. The number of amides is 1. The van der Waals surface area contributed by atoms with Gasteiger partial charge in [0.2, 0.25) is 0 Å². The van der Waals surface area contributed by atoms with Crippen LogP contribution in [0, 0.1) is 13.8 Å². The third-order valence-electron chi connectivity index (χ3n) is 7.81. The van der Waals surface area contributed by atoms with Crippen molar-refractivity contribution >= 4 is 17.1 Å². The lowest BCUT2D eigenvalue weighted by atomic mass is 9.85. The van der Waals surface area contributed by atoms with Gasteiger partial charge in [0.25, 0.3) is 0 Å². The molecule has 1 aliphatic rings. The van der Waals surface area contributed by atoms with Crippen molar-refractivity contribution in [3.63, 3.8) is 0 Å². The number of nitrogens with one attached hydrogen (secondary N) is 2. The highest BCUT2D eigenvalue weighted by Crippen LogP contribution is 2.36. The van der Waals surface area contributed by atoms with Crippen LogP contribution in [-0.4, -0.2) is 40.8 Å². The standard InChI is InChI=1S/C31H36N8O2/c1-16(2)39-18(4)24(17(3)37-39)26-34-25-22(13-14-32-27(25)35-26)20-11-12-21-19(15-20)9-8-10-23(21)33-28(40)29-36-30(38-41-29)31(5,6)7/h11-16,23H,8-10H2,1-7H3,(H,33,40)(H,32,34,35)/t23-/m0/s1. The van der Waals surface area contributed by atoms with E-state index >= 15 is 0 Å². The van der Waals surface area contributed by atoms with Gasteiger partial charge >= 0.3 is 11.8 Å². The van der Waals surface area contributed by atoms with Gasteiger partial charge in [-0.2, -0.15) is 10.1 Å². The zero-order valence-electron chi connectivity index (χ0n) is 24.7. The molecule has 1 aromatic carbocycles. The van der Waals surface area contributed by atoms with E-state index in [4.69, 9.17) is 14.6 Å². The number of aryl methyl sites for hydroxylation is 2. The van der Waals surface area contributed by atoms with Crippen molar-refractivity contribution in [1.29, 1.82) is 0 Å². The van der Waals surface area contributed by atoms with Crippen molar-refractivity contribution in [2.24, 2.45) is 0 Å². The van der Waals surface area contributed by atoms with Gasteiger partial charge in [0, 0.05) is 28.9 Å². The fourth-order valence-electron chi connectivity index (χ4n) is 5.75. The third kappa shape index (κ3) is 4.81. The maximum Gasteiger partial charge on any atom is 0.315 e. The second kappa shape index (κ2) is 9.94. The number of hydrogen-bond acceptors (Lipinski definition) is 7. The minimum Gasteiger partial charge on any atom is -0.341 e. The second-order valence-corrected chi connectivity index (χ2v) is 12.2. The van der Waals surface area contributed by atoms with Gasteiger partial charge in [-0.3, -0.25) is 9.48 Å². The molecule has 10 heteroatoms. The van der Waals surface area contributed by atoms with Crippen LogP contribution in [0.5, 0.6) is 0 Å². The van der Waals surface area contributed by atoms with Crippen LogP contribution in [0.15, 0.2) is 35.0 Å². The predicted octanol–water partition coefficient (Wildman–Crippen LogP) is 6.17. The third-order valence-corrected chi connectivity index (χ3v) is 7.81. The molecule has 0 unspecified atom stereocenters. The van der Waals surface area contributed by atoms with Crippen molar-refractivity contribution in [3.05, 3.63) is 64.7 Å². The number of carbonyl (C=O) groups excluding carboxylic acids is 1. The van der Waals surface area contributed by atoms with Gasteiger partial charge in [0.1, 0.15) is 5.82 Å². The number of benzene rings is 1. The molecule has 0 saturated carbocycles. The smallest absolute Gasteiger partial charge is 0.315 e. The number of aromatic nitrogens is 7. The molecule has 212 valence electrons. The quantitative estimate of drug-likeness (QED) is 0.267. The number of fused-ring (bicyclic) bond motifs is 2. The van der Waals surface area contributed by atoms with E-state index in [0.717, 1.165) is 64.2 Å². The van der Waals surface area contributed by atoms with Crippen LogP contribution in [0.4, 0.5) is 0 Å². The Hall–Kier alpha value is -4.34. The lowest BCUT2D eigenvalue weighted by Crippen LogP contribution is -2.31. The highest BCUT2D eigenvalue weighted by atomic mass is 16.5. The summed E-state index contributed by atoms with van der Waals surface area (Å²) in [5, 5.41) is 11.8. The Morgan fingerprint density at radius 3 is 2.68 bits per heavy atom. The van der Waals surface area contributed by atoms with Crippen LogP contribution in [-0.2, 0) is 11.8 Å². The zero-order chi connectivity index (χ0) is 29.1. The van der Waals surface area contributed by atoms with Crippen molar-refractivity contribution in [3.8, 4) is 22.5 Å². The van der Waals surface area contributed by atoms with Crippen LogP contribution < -0.4 is 5.32 Å². The Morgan fingerprint density at radius 1 is 1.17 bits per heavy atom. The zero-order valence-corrected chi connectivity index (χ0v) is 24.7. The van der Waals surface area contributed by atoms with Gasteiger partial charge in [-0.1, -0.05) is 44.1 Å². The fraction of sp³-hybridized carbons (Fsp3) is 0.419. The maximum atomic E-state index is 13.0. The first-order chi connectivity index (χ1) is 19.5. The molecule has 0 bridgehead atoms. The summed E-state index contributed by atoms with van der Waals surface area (Å²) in [5.41, 5.74) is 8.76. The highest BCUT2D eigenvalue weighted by Gasteiger charge is 2.28. The molecule has 1 amide bonds. The normalized spacial score (nSPS) is 15.5. The molecule has 6 rings (SSSR count). The van der Waals surface area contributed by atoms with Crippen LogP contribution in [0.3, 0.4) is 0 Å². The molecule has 0 saturated heterocycles. The van der Waals surface area contributed by atoms with Gasteiger partial charge in [-0.15, -0.1) is 0 Å². The monoisotopic (exact) mass is 552 g/mol. The number of carbonyl (C=O) groups is 1. The first-order valence-electron chi connectivity index (χ1n) is 14.2. The minimum absolute atomic E-state index is 0.00249. The number of H-pyrrole nitrogens is 1. The summed E-state index contributed by atoms with van der Waals surface area (Å²) in [4.78, 5) is 30.3. The first kappa shape index (κ1) is 26.9. The number of aromatic amines is 1. The molecule has 0 spiro atoms. The summed E-state index contributed by atoms with van der Waals surface area (Å²) >= 11 is 0. The van der Waals surface area contributed by atoms with E-state index in [1.165, 1.54) is 5.56 Å². The summed E-state index contributed by atoms with van der Waals surface area (Å²) < 4.78 is 7.30. The molecule has 5 aromatic rings. The van der Waals surface area contributed by atoms with Crippen molar-refractivity contribution < 1.29 is 9.32 Å². The van der Waals surface area contributed by atoms with Crippen molar-refractivity contribution in [2.45, 2.75) is 85.2 Å². The molecule has 0 aliphatic heterocycles. The van der Waals surface area contributed by atoms with E-state index in [1.54, 1.807) is 6.20 Å². The Bertz CT molecular complexity index is 1770. The van der Waals surface area contributed by atoms with Gasteiger partial charge in [0.05, 0.1) is 22.8 Å². The fourth-order valence-corrected chi connectivity index (χ4v) is 5.75. The molecule has 4 heterocycles. The van der Waals surface area contributed by atoms with Gasteiger partial charge in [-0.05, 0) is 69.7 Å². The average molecular weight is 553 g/mol. The van der Waals surface area contributed by atoms with Gasteiger partial charge < -0.3 is 14.8 Å². The predicted molar refractivity (Wildman–Crippen MR) is 157 cm³/mol. The summed E-state index contributed by atoms with van der Waals surface area (Å²) in [6.07, 6.45) is 4.57. The molecule has 41 heavy (non-hydrogen) atoms. The van der Waals surface area contributed by atoms with E-state index in [9.17, 15) is 4.79 Å². The lowest BCUT2D eigenvalue weighted by molar-refractivity contribution is 0.0888. The van der Waals surface area contributed by atoms with E-state index in [2.05, 4.69) is 64.4 Å². The molecule has 10 nitrogen and oxygen atoms in total. The van der Waals surface area contributed by atoms with Gasteiger partial charge in [-0.25, -0.2) is 9.97 Å². The summed E-state index contributed by atoms with van der Waals surface area (Å²) in [7, 11) is 0. The van der Waals surface area contributed by atoms with Crippen molar-refractivity contribution in [1.82, 2.24) is 40.2 Å². The van der Waals surface area contributed by atoms with Crippen LogP contribution in [0.1, 0.15) is 98.6 Å². The Morgan fingerprint density at radius 2 is 1.98 bits per heavy atom. The summed E-state index contributed by atoms with van der Waals surface area (Å²) in [6.45, 7) is 14.3. The largest absolute Gasteiger partial charge is 0.341 e. The number of imidazole rings is 1. The number of rotatable bonds is 5. The van der Waals surface area contributed by atoms with Crippen LogP contribution in [0.25, 0.3) is 33.7 Å². The number of hydrogen-bond donors (Lipinski definition) is 2. The van der Waals surface area contributed by atoms with E-state index < -0.39 is 0 Å². The molecule has 1 atom stereocenters. The van der Waals surface area contributed by atoms with Crippen LogP contribution in [0.2, 0.25) is 0 Å². The molecular weight excluding hydrogens is 516 g/mol. The average Bonchev–Trinajstić information content (AvgIpc) is 3.65. The van der Waals surface area contributed by atoms with E-state index in [-0.39, 0.29) is 29.3 Å². The number of pyridine rings is 1. The van der Waals surface area contributed by atoms with E-state index in [1.807, 2.05) is 38.4 Å². The molecular formula is C31H36N8O2. The molecule has 4 aromatic heterocycles. The van der Waals surface area contributed by atoms with E-state index in [0.29, 0.717) is 11.5 Å². The highest BCUT2D eigenvalue weighted by molar-refractivity contribution is 5.92. The lowest BCUT2D eigenvalue weighted by Gasteiger charge is -2.26. The van der Waals surface area contributed by atoms with Crippen LogP contribution >= 0.6 is 0 Å². The minimum atomic E-state index is -0.345. The Labute approximate surface area is 239 Å². The SMILES string of the molecule is Cc1nn(C(C)C)c(C)c1-c1nc2nccc(-c3ccc4c(c3)CCC[C@@H]4NC(=O)c3nc(C(C)(C)C)no3)c2[nH]1. The summed E-state index contributed by atoms with van der Waals surface area (Å²) in [5.74, 6) is 0.943. The molecule has 1 aliphatic carbocycles. The first-order valence-corrected chi connectivity index (χ1v) is 14.2. The number of nitrogens with zero attached hydrogens (tertiary/aromatic N) is 6. The molecule has 2 N–H and O–H groups in total. The Balaban J connectivity index is 1.31. The second-order valence-electron chi connectivity index (χ2n) is 12.2. The van der Waals surface area contributed by atoms with Gasteiger partial charge in [0.15, 0.2) is 11.5 Å². The maximum absolute atomic E-state index is 13.0. The summed E-state index contributed by atoms with van der Waals surface area (Å²) in [6, 6.07) is 8.61.